The van der Waals surface area contributed by atoms with Crippen LogP contribution in [-0.4, -0.2) is 22.6 Å². The van der Waals surface area contributed by atoms with Crippen molar-refractivity contribution >= 4 is 46.2 Å². The molecule has 69 heavy (non-hydrogen) atoms. The van der Waals surface area contributed by atoms with E-state index < -0.39 is 8.07 Å². The van der Waals surface area contributed by atoms with E-state index in [1.807, 2.05) is 54.6 Å². The van der Waals surface area contributed by atoms with E-state index in [1.54, 1.807) is 6.20 Å². The summed E-state index contributed by atoms with van der Waals surface area (Å²) >= 11 is 0. The molecule has 0 fully saturated rings. The molecule has 3 heterocycles. The van der Waals surface area contributed by atoms with E-state index in [1.165, 1.54) is 44.3 Å². The number of para-hydroxylation sites is 2. The smallest absolute Gasteiger partial charge is 0.121 e. The predicted octanol–water partition coefficient (Wildman–Crippen LogP) is 16.7. The second kappa shape index (κ2) is 19.9. The summed E-state index contributed by atoms with van der Waals surface area (Å²) in [5, 5.41) is 3.63. The molecule has 0 bridgehead atoms. The summed E-state index contributed by atoms with van der Waals surface area (Å²) in [6.45, 7) is 16.4. The fourth-order valence-electron chi connectivity index (χ4n) is 9.22. The third-order valence-corrected chi connectivity index (χ3v) is 15.0. The minimum Gasteiger partial charge on any atom is -0.501 e. The summed E-state index contributed by atoms with van der Waals surface area (Å²) in [4.78, 5) is 9.58. The van der Waals surface area contributed by atoms with Gasteiger partial charge in [-0.05, 0) is 98.4 Å². The van der Waals surface area contributed by atoms with Crippen LogP contribution >= 0.6 is 0 Å². The summed E-state index contributed by atoms with van der Waals surface area (Å²) in [5.41, 5.74) is 17.5. The van der Waals surface area contributed by atoms with Crippen LogP contribution in [-0.2, 0) is 20.1 Å². The largest absolute Gasteiger partial charge is 0.501 e. The normalized spacial score (nSPS) is 11.6. The molecular formula is C63H55IrN3OSi-2. The number of fused-ring (bicyclic) bond motifs is 4. The van der Waals surface area contributed by atoms with E-state index in [9.17, 15) is 0 Å². The van der Waals surface area contributed by atoms with Crippen molar-refractivity contribution in [3.8, 4) is 61.7 Å². The van der Waals surface area contributed by atoms with Crippen LogP contribution in [0, 0.1) is 12.1 Å². The molecule has 1 radical (unpaired) electrons. The van der Waals surface area contributed by atoms with Crippen LogP contribution in [0.25, 0.3) is 94.7 Å². The Bertz CT molecular complexity index is 3450. The van der Waals surface area contributed by atoms with Gasteiger partial charge < -0.3 is 14.0 Å². The Balaban J connectivity index is 0.000000397. The number of imidazole rings is 1. The summed E-state index contributed by atoms with van der Waals surface area (Å²) in [6.07, 6.45) is 1.79. The van der Waals surface area contributed by atoms with E-state index in [0.29, 0.717) is 0 Å². The molecule has 0 N–H and O–H groups in total. The van der Waals surface area contributed by atoms with Gasteiger partial charge >= 0.3 is 0 Å². The number of rotatable bonds is 9. The maximum Gasteiger partial charge on any atom is 0.121 e. The average molecular weight is 1090 g/mol. The molecule has 0 saturated heterocycles. The molecule has 11 aromatic rings. The predicted molar refractivity (Wildman–Crippen MR) is 289 cm³/mol. The molecule has 0 aliphatic carbocycles. The second-order valence-electron chi connectivity index (χ2n) is 19.2. The Kier molecular flexibility index (Phi) is 13.6. The molecule has 0 saturated carbocycles. The molecule has 0 amide bonds. The van der Waals surface area contributed by atoms with E-state index in [4.69, 9.17) is 9.40 Å². The zero-order valence-electron chi connectivity index (χ0n) is 40.2. The second-order valence-corrected chi connectivity index (χ2v) is 24.3. The number of nitrogens with zero attached hydrogens (tertiary/aromatic N) is 3. The van der Waals surface area contributed by atoms with Crippen LogP contribution in [0.4, 0.5) is 0 Å². The molecule has 0 unspecified atom stereocenters. The first-order valence-corrected chi connectivity index (χ1v) is 27.2. The van der Waals surface area contributed by atoms with Crippen molar-refractivity contribution < 1.29 is 24.5 Å². The van der Waals surface area contributed by atoms with Gasteiger partial charge in [0, 0.05) is 37.4 Å². The summed E-state index contributed by atoms with van der Waals surface area (Å²) in [7, 11) is -1.35. The monoisotopic (exact) mass is 1090 g/mol. The molecule has 6 heteroatoms. The van der Waals surface area contributed by atoms with Gasteiger partial charge in [0.05, 0.1) is 30.5 Å². The Morgan fingerprint density at radius 1 is 0.536 bits per heavy atom. The minimum absolute atomic E-state index is 0. The number of furan rings is 1. The van der Waals surface area contributed by atoms with Crippen molar-refractivity contribution in [1.82, 2.24) is 14.5 Å². The number of hydrogen-bond acceptors (Lipinski definition) is 3. The van der Waals surface area contributed by atoms with Crippen LogP contribution in [0.3, 0.4) is 0 Å². The van der Waals surface area contributed by atoms with Crippen LogP contribution < -0.4 is 5.19 Å². The van der Waals surface area contributed by atoms with Gasteiger partial charge in [0.2, 0.25) is 0 Å². The summed E-state index contributed by atoms with van der Waals surface area (Å²) in [6, 6.07) is 73.1. The van der Waals surface area contributed by atoms with Crippen molar-refractivity contribution in [2.75, 3.05) is 0 Å². The average Bonchev–Trinajstić information content (AvgIpc) is 3.95. The Morgan fingerprint density at radius 2 is 1.14 bits per heavy atom. The standard InChI is InChI=1S/C52H47N2OSi.C11H8N.Ir/c1-33(2)45-30-40(38-22-20-36(21-23-38)37-24-27-41(28-25-37)56(5,6)7)31-46(34(3)4)50(45)54-48-19-12-11-18-47(48)53-52(54)44-17-13-16-43-42-29-26-39(32-49(42)55-51(43)44)35-14-9-8-10-15-35;1-2-6-10(7-3-1)11-8-4-5-9-12-11;/h8-16,18-34H,1-7H3;1-6,8-9H;/q2*-1;. The quantitative estimate of drug-likeness (QED) is 0.107. The SMILES string of the molecule is CC(C)c1cc(-c2ccc(-c3ccc([Si](C)(C)C)cc3)cc2)cc(C(C)C)c1-n1c(-c2[c-]ccc3c2oc2cc(-c4ccccc4)ccc23)nc2ccccc21.[Ir].[c-]1ccccc1-c1ccccn1. The van der Waals surface area contributed by atoms with E-state index >= 15 is 0 Å². The molecule has 4 nitrogen and oxygen atoms in total. The third-order valence-electron chi connectivity index (χ3n) is 12.9. The number of hydrogen-bond donors (Lipinski definition) is 0. The fraction of sp³-hybridized carbons (Fsp3) is 0.143. The number of aromatic nitrogens is 3. The molecule has 0 aliphatic rings. The van der Waals surface area contributed by atoms with Gasteiger partial charge in [0.25, 0.3) is 0 Å². The summed E-state index contributed by atoms with van der Waals surface area (Å²) < 4.78 is 9.18. The van der Waals surface area contributed by atoms with Crippen molar-refractivity contribution in [1.29, 1.82) is 0 Å². The first-order chi connectivity index (χ1) is 33.0. The van der Waals surface area contributed by atoms with Crippen LogP contribution in [0.5, 0.6) is 0 Å². The number of pyridine rings is 1. The molecular weight excluding hydrogens is 1040 g/mol. The summed E-state index contributed by atoms with van der Waals surface area (Å²) in [5.74, 6) is 1.34. The topological polar surface area (TPSA) is 43.9 Å². The van der Waals surface area contributed by atoms with Crippen molar-refractivity contribution in [3.63, 3.8) is 0 Å². The molecule has 8 aromatic carbocycles. The maximum atomic E-state index is 6.80. The Hall–Kier alpha value is -6.95. The van der Waals surface area contributed by atoms with Gasteiger partial charge in [-0.2, -0.15) is 0 Å². The number of benzene rings is 8. The third kappa shape index (κ3) is 9.58. The van der Waals surface area contributed by atoms with Crippen LogP contribution in [0.2, 0.25) is 19.6 Å². The van der Waals surface area contributed by atoms with Gasteiger partial charge in [0.1, 0.15) is 5.58 Å². The molecule has 11 rings (SSSR count). The van der Waals surface area contributed by atoms with Gasteiger partial charge in [-0.25, -0.2) is 0 Å². The van der Waals surface area contributed by atoms with Crippen molar-refractivity contribution in [2.45, 2.75) is 59.2 Å². The van der Waals surface area contributed by atoms with E-state index in [-0.39, 0.29) is 31.9 Å². The molecule has 0 spiro atoms. The van der Waals surface area contributed by atoms with Gasteiger partial charge in [-0.3, -0.25) is 4.98 Å². The van der Waals surface area contributed by atoms with Crippen molar-refractivity contribution in [2.24, 2.45) is 0 Å². The molecule has 343 valence electrons. The minimum atomic E-state index is -1.35. The maximum absolute atomic E-state index is 6.80. The Morgan fingerprint density at radius 3 is 1.78 bits per heavy atom. The van der Waals surface area contributed by atoms with Crippen LogP contribution in [0.15, 0.2) is 199 Å². The Labute approximate surface area is 421 Å². The van der Waals surface area contributed by atoms with Crippen LogP contribution in [0.1, 0.15) is 50.7 Å². The van der Waals surface area contributed by atoms with Gasteiger partial charge in [0.15, 0.2) is 0 Å². The molecule has 3 aromatic heterocycles. The van der Waals surface area contributed by atoms with E-state index in [0.717, 1.165) is 66.7 Å². The van der Waals surface area contributed by atoms with E-state index in [2.05, 4.69) is 202 Å². The fourth-order valence-corrected chi connectivity index (χ4v) is 10.4. The molecule has 0 aliphatic heterocycles. The zero-order valence-corrected chi connectivity index (χ0v) is 43.6. The van der Waals surface area contributed by atoms with Gasteiger partial charge in [-0.15, -0.1) is 54.1 Å². The first-order valence-electron chi connectivity index (χ1n) is 23.7. The zero-order chi connectivity index (χ0) is 46.9. The van der Waals surface area contributed by atoms with Crippen molar-refractivity contribution in [3.05, 3.63) is 218 Å². The molecule has 0 atom stereocenters. The first kappa shape index (κ1) is 47.1. The van der Waals surface area contributed by atoms with Gasteiger partial charge in [-0.1, -0.05) is 179 Å².